The van der Waals surface area contributed by atoms with E-state index in [0.29, 0.717) is 24.1 Å². The van der Waals surface area contributed by atoms with Gasteiger partial charge in [0.15, 0.2) is 5.96 Å². The van der Waals surface area contributed by atoms with Crippen molar-refractivity contribution in [2.75, 3.05) is 13.6 Å². The minimum absolute atomic E-state index is 0.0215. The first kappa shape index (κ1) is 16.2. The van der Waals surface area contributed by atoms with Gasteiger partial charge in [-0.15, -0.1) is 0 Å². The highest BCUT2D eigenvalue weighted by atomic mass is 35.5. The Morgan fingerprint density at radius 1 is 1.32 bits per heavy atom. The number of benzene rings is 1. The van der Waals surface area contributed by atoms with Crippen LogP contribution >= 0.6 is 11.6 Å². The van der Waals surface area contributed by atoms with E-state index in [1.54, 1.807) is 25.2 Å². The van der Waals surface area contributed by atoms with Crippen LogP contribution in [0.3, 0.4) is 0 Å². The Bertz CT molecular complexity index is 584. The third kappa shape index (κ3) is 5.29. The molecule has 1 aromatic carbocycles. The van der Waals surface area contributed by atoms with Crippen molar-refractivity contribution < 1.29 is 9.26 Å². The van der Waals surface area contributed by atoms with Gasteiger partial charge in [-0.25, -0.2) is 0 Å². The molecule has 0 radical (unpaired) electrons. The molecular weight excluding hydrogens is 304 g/mol. The quantitative estimate of drug-likeness (QED) is 0.631. The molecule has 2 aromatic rings. The number of ether oxygens (including phenoxy) is 1. The third-order valence-electron chi connectivity index (χ3n) is 2.86. The van der Waals surface area contributed by atoms with Crippen LogP contribution < -0.4 is 15.4 Å². The summed E-state index contributed by atoms with van der Waals surface area (Å²) in [4.78, 5) is 4.14. The van der Waals surface area contributed by atoms with E-state index in [-0.39, 0.29) is 6.10 Å². The Morgan fingerprint density at radius 3 is 2.73 bits per heavy atom. The maximum Gasteiger partial charge on any atom is 0.191 e. The minimum atomic E-state index is -0.0215. The van der Waals surface area contributed by atoms with Crippen LogP contribution in [-0.2, 0) is 6.54 Å². The highest BCUT2D eigenvalue weighted by Gasteiger charge is 2.06. The van der Waals surface area contributed by atoms with Gasteiger partial charge >= 0.3 is 0 Å². The number of nitrogens with one attached hydrogen (secondary N) is 2. The van der Waals surface area contributed by atoms with Gasteiger partial charge in [0, 0.05) is 18.1 Å². The summed E-state index contributed by atoms with van der Waals surface area (Å²) in [5, 5.41) is 10.8. The monoisotopic (exact) mass is 322 g/mol. The lowest BCUT2D eigenvalue weighted by atomic mass is 10.3. The van der Waals surface area contributed by atoms with Crippen LogP contribution in [0.1, 0.15) is 12.6 Å². The van der Waals surface area contributed by atoms with Crippen LogP contribution in [0.25, 0.3) is 0 Å². The largest absolute Gasteiger partial charge is 0.489 e. The first-order valence-electron chi connectivity index (χ1n) is 6.93. The van der Waals surface area contributed by atoms with Gasteiger partial charge in [0.25, 0.3) is 0 Å². The minimum Gasteiger partial charge on any atom is -0.489 e. The standard InChI is InChI=1S/C15H19ClN4O2/c1-11(22-14-5-3-12(16)4-6-14)9-18-15(17-2)19-10-13-7-8-21-20-13/h3-8,11H,9-10H2,1-2H3,(H2,17,18,19). The predicted molar refractivity (Wildman–Crippen MR) is 86.2 cm³/mol. The zero-order valence-electron chi connectivity index (χ0n) is 12.5. The van der Waals surface area contributed by atoms with Crippen molar-refractivity contribution in [2.24, 2.45) is 4.99 Å². The van der Waals surface area contributed by atoms with Crippen molar-refractivity contribution in [3.8, 4) is 5.75 Å². The second-order valence-electron chi connectivity index (χ2n) is 4.68. The van der Waals surface area contributed by atoms with Gasteiger partial charge in [-0.05, 0) is 31.2 Å². The topological polar surface area (TPSA) is 71.7 Å². The smallest absolute Gasteiger partial charge is 0.191 e. The summed E-state index contributed by atoms with van der Waals surface area (Å²) in [5.41, 5.74) is 0.813. The molecular formula is C15H19ClN4O2. The first-order valence-corrected chi connectivity index (χ1v) is 7.31. The van der Waals surface area contributed by atoms with Crippen molar-refractivity contribution >= 4 is 17.6 Å². The van der Waals surface area contributed by atoms with Crippen LogP contribution in [0.2, 0.25) is 5.02 Å². The molecule has 0 amide bonds. The van der Waals surface area contributed by atoms with Crippen molar-refractivity contribution in [3.05, 3.63) is 47.3 Å². The Labute approximate surface area is 134 Å². The molecule has 2 N–H and O–H groups in total. The fraction of sp³-hybridized carbons (Fsp3) is 0.333. The zero-order chi connectivity index (χ0) is 15.8. The Hall–Kier alpha value is -2.21. The lowest BCUT2D eigenvalue weighted by Gasteiger charge is -2.17. The normalized spacial score (nSPS) is 12.8. The Morgan fingerprint density at radius 2 is 2.09 bits per heavy atom. The van der Waals surface area contributed by atoms with Gasteiger partial charge in [-0.3, -0.25) is 4.99 Å². The van der Waals surface area contributed by atoms with E-state index in [0.717, 1.165) is 11.4 Å². The number of aliphatic imine (C=N–C) groups is 1. The van der Waals surface area contributed by atoms with Gasteiger partial charge in [0.05, 0.1) is 13.1 Å². The fourth-order valence-corrected chi connectivity index (χ4v) is 1.88. The average molecular weight is 323 g/mol. The summed E-state index contributed by atoms with van der Waals surface area (Å²) in [5.74, 6) is 1.46. The molecule has 1 unspecified atom stereocenters. The SMILES string of the molecule is CN=C(NCc1ccon1)NCC(C)Oc1ccc(Cl)cc1. The molecule has 0 aliphatic rings. The lowest BCUT2D eigenvalue weighted by molar-refractivity contribution is 0.224. The molecule has 6 nitrogen and oxygen atoms in total. The fourth-order valence-electron chi connectivity index (χ4n) is 1.75. The molecule has 1 heterocycles. The van der Waals surface area contributed by atoms with Gasteiger partial charge < -0.3 is 19.9 Å². The van der Waals surface area contributed by atoms with E-state index < -0.39 is 0 Å². The van der Waals surface area contributed by atoms with Crippen LogP contribution in [-0.4, -0.2) is 30.8 Å². The molecule has 0 aliphatic heterocycles. The van der Waals surface area contributed by atoms with Crippen LogP contribution in [0.15, 0.2) is 46.1 Å². The summed E-state index contributed by atoms with van der Waals surface area (Å²) in [6.07, 6.45) is 1.52. The predicted octanol–water partition coefficient (Wildman–Crippen LogP) is 2.46. The van der Waals surface area contributed by atoms with E-state index in [1.165, 1.54) is 6.26 Å². The molecule has 0 saturated carbocycles. The third-order valence-corrected chi connectivity index (χ3v) is 3.11. The summed E-state index contributed by atoms with van der Waals surface area (Å²) in [6, 6.07) is 9.09. The van der Waals surface area contributed by atoms with Gasteiger partial charge in [0.1, 0.15) is 23.8 Å². The average Bonchev–Trinajstić information content (AvgIpc) is 3.03. The van der Waals surface area contributed by atoms with Crippen LogP contribution in [0.4, 0.5) is 0 Å². The van der Waals surface area contributed by atoms with Crippen molar-refractivity contribution in [2.45, 2.75) is 19.6 Å². The van der Waals surface area contributed by atoms with Gasteiger partial charge in [-0.2, -0.15) is 0 Å². The van der Waals surface area contributed by atoms with E-state index in [2.05, 4.69) is 20.8 Å². The molecule has 2 rings (SSSR count). The Balaban J connectivity index is 1.73. The zero-order valence-corrected chi connectivity index (χ0v) is 13.3. The highest BCUT2D eigenvalue weighted by molar-refractivity contribution is 6.30. The maximum atomic E-state index is 5.84. The number of guanidine groups is 1. The molecule has 0 saturated heterocycles. The second kappa shape index (κ2) is 8.29. The van der Waals surface area contributed by atoms with Crippen molar-refractivity contribution in [3.63, 3.8) is 0 Å². The summed E-state index contributed by atoms with van der Waals surface area (Å²) in [7, 11) is 1.71. The molecule has 0 fully saturated rings. The number of aromatic nitrogens is 1. The van der Waals surface area contributed by atoms with E-state index >= 15 is 0 Å². The highest BCUT2D eigenvalue weighted by Crippen LogP contribution is 2.16. The number of rotatable bonds is 6. The second-order valence-corrected chi connectivity index (χ2v) is 5.12. The van der Waals surface area contributed by atoms with Crippen LogP contribution in [0.5, 0.6) is 5.75 Å². The van der Waals surface area contributed by atoms with E-state index in [4.69, 9.17) is 20.9 Å². The van der Waals surface area contributed by atoms with Crippen molar-refractivity contribution in [1.82, 2.24) is 15.8 Å². The van der Waals surface area contributed by atoms with E-state index in [1.807, 2.05) is 19.1 Å². The summed E-state index contributed by atoms with van der Waals surface area (Å²) in [6.45, 7) is 3.14. The van der Waals surface area contributed by atoms with Gasteiger partial charge in [0.2, 0.25) is 0 Å². The summed E-state index contributed by atoms with van der Waals surface area (Å²) >= 11 is 5.84. The molecule has 1 atom stereocenters. The number of nitrogens with zero attached hydrogens (tertiary/aromatic N) is 2. The molecule has 7 heteroatoms. The molecule has 1 aromatic heterocycles. The molecule has 0 spiro atoms. The number of hydrogen-bond acceptors (Lipinski definition) is 4. The number of halogens is 1. The van der Waals surface area contributed by atoms with Crippen molar-refractivity contribution in [1.29, 1.82) is 0 Å². The molecule has 118 valence electrons. The molecule has 22 heavy (non-hydrogen) atoms. The maximum absolute atomic E-state index is 5.84. The van der Waals surface area contributed by atoms with E-state index in [9.17, 15) is 0 Å². The Kier molecular flexibility index (Phi) is 6.09. The number of hydrogen-bond donors (Lipinski definition) is 2. The molecule has 0 bridgehead atoms. The van der Waals surface area contributed by atoms with Gasteiger partial charge in [-0.1, -0.05) is 16.8 Å². The van der Waals surface area contributed by atoms with Crippen LogP contribution in [0, 0.1) is 0 Å². The molecule has 0 aliphatic carbocycles. The summed E-state index contributed by atoms with van der Waals surface area (Å²) < 4.78 is 10.6. The lowest BCUT2D eigenvalue weighted by Crippen LogP contribution is -2.41. The first-order chi connectivity index (χ1) is 10.7.